The minimum absolute atomic E-state index is 0.138. The van der Waals surface area contributed by atoms with Gasteiger partial charge < -0.3 is 4.90 Å². The Morgan fingerprint density at radius 2 is 1.96 bits per heavy atom. The van der Waals surface area contributed by atoms with Gasteiger partial charge in [-0.2, -0.15) is 0 Å². The lowest BCUT2D eigenvalue weighted by Crippen LogP contribution is -2.37. The molecule has 0 aliphatic carbocycles. The maximum absolute atomic E-state index is 13.8. The number of thioether (sulfide) groups is 1. The number of hydrogen-bond donors (Lipinski definition) is 1. The number of nitrogens with one attached hydrogen (secondary N) is 1. The molecule has 0 bridgehead atoms. The molecule has 0 saturated heterocycles. The summed E-state index contributed by atoms with van der Waals surface area (Å²) in [4.78, 5) is 14.1. The third-order valence-corrected chi connectivity index (χ3v) is 6.37. The first-order valence-corrected chi connectivity index (χ1v) is 10.1. The van der Waals surface area contributed by atoms with Crippen LogP contribution in [0.15, 0.2) is 46.2 Å². The summed E-state index contributed by atoms with van der Waals surface area (Å²) < 4.78 is 54.2. The molecule has 1 aliphatic heterocycles. The lowest BCUT2D eigenvalue weighted by molar-refractivity contribution is -0.116. The van der Waals surface area contributed by atoms with Crippen molar-refractivity contribution in [3.63, 3.8) is 0 Å². The third-order valence-electron chi connectivity index (χ3n) is 3.85. The van der Waals surface area contributed by atoms with Crippen LogP contribution in [-0.4, -0.2) is 26.1 Å². The first-order valence-electron chi connectivity index (χ1n) is 7.74. The zero-order valence-corrected chi connectivity index (χ0v) is 15.6. The topological polar surface area (TPSA) is 66.5 Å². The number of rotatable bonds is 3. The lowest BCUT2D eigenvalue weighted by Gasteiger charge is -2.32. The van der Waals surface area contributed by atoms with Gasteiger partial charge in [0.1, 0.15) is 11.6 Å². The Bertz CT molecular complexity index is 980. The number of anilines is 2. The molecule has 2 aromatic carbocycles. The van der Waals surface area contributed by atoms with E-state index in [9.17, 15) is 22.0 Å². The highest BCUT2D eigenvalue weighted by atomic mass is 32.2. The summed E-state index contributed by atoms with van der Waals surface area (Å²) in [5.41, 5.74) is 0.0114. The Hall–Kier alpha value is -2.13. The Kier molecular flexibility index (Phi) is 4.94. The fourth-order valence-corrected chi connectivity index (χ4v) is 4.83. The average Bonchev–Trinajstić information content (AvgIpc) is 2.56. The second-order valence-corrected chi connectivity index (χ2v) is 9.08. The van der Waals surface area contributed by atoms with E-state index in [0.717, 1.165) is 23.1 Å². The quantitative estimate of drug-likeness (QED) is 0.858. The van der Waals surface area contributed by atoms with Crippen molar-refractivity contribution in [3.05, 3.63) is 48.0 Å². The van der Waals surface area contributed by atoms with Gasteiger partial charge in [0.2, 0.25) is 5.91 Å². The fraction of sp³-hybridized carbons (Fsp3) is 0.235. The number of hydrogen-bond acceptors (Lipinski definition) is 4. The van der Waals surface area contributed by atoms with Crippen LogP contribution in [0.2, 0.25) is 0 Å². The van der Waals surface area contributed by atoms with Crippen LogP contribution in [0.1, 0.15) is 13.8 Å². The maximum Gasteiger partial charge on any atom is 0.262 e. The van der Waals surface area contributed by atoms with Crippen molar-refractivity contribution >= 4 is 39.1 Å². The molecular formula is C17H16F2N2O3S2. The molecule has 9 heteroatoms. The number of halogens is 2. The first kappa shape index (κ1) is 18.7. The van der Waals surface area contributed by atoms with Crippen LogP contribution < -0.4 is 9.62 Å². The predicted molar refractivity (Wildman–Crippen MR) is 97.0 cm³/mol. The van der Waals surface area contributed by atoms with Crippen LogP contribution in [0.25, 0.3) is 0 Å². The van der Waals surface area contributed by atoms with E-state index in [1.54, 1.807) is 17.8 Å². The van der Waals surface area contributed by atoms with Gasteiger partial charge >= 0.3 is 0 Å². The Morgan fingerprint density at radius 3 is 2.65 bits per heavy atom. The summed E-state index contributed by atoms with van der Waals surface area (Å²) in [6.45, 7) is 3.85. The molecule has 1 aliphatic rings. The van der Waals surface area contributed by atoms with E-state index in [1.807, 2.05) is 6.92 Å². The van der Waals surface area contributed by atoms with Crippen molar-refractivity contribution in [1.82, 2.24) is 0 Å². The molecule has 0 saturated carbocycles. The van der Waals surface area contributed by atoms with Gasteiger partial charge in [-0.3, -0.25) is 9.52 Å². The van der Waals surface area contributed by atoms with Crippen molar-refractivity contribution in [3.8, 4) is 0 Å². The van der Waals surface area contributed by atoms with Crippen molar-refractivity contribution in [2.24, 2.45) is 0 Å². The van der Waals surface area contributed by atoms with Gasteiger partial charge in [-0.1, -0.05) is 6.92 Å². The molecule has 0 unspecified atom stereocenters. The monoisotopic (exact) mass is 398 g/mol. The Morgan fingerprint density at radius 1 is 1.23 bits per heavy atom. The molecule has 1 amide bonds. The van der Waals surface area contributed by atoms with Crippen LogP contribution in [0.4, 0.5) is 20.2 Å². The van der Waals surface area contributed by atoms with E-state index in [2.05, 4.69) is 4.72 Å². The molecule has 0 radical (unpaired) electrons. The number of carbonyl (C=O) groups is 1. The molecule has 138 valence electrons. The highest BCUT2D eigenvalue weighted by Crippen LogP contribution is 2.40. The molecular weight excluding hydrogens is 382 g/mol. The number of carbonyl (C=O) groups excluding carboxylic acids is 1. The summed E-state index contributed by atoms with van der Waals surface area (Å²) >= 11 is 1.54. The molecule has 0 fully saturated rings. The largest absolute Gasteiger partial charge is 0.310 e. The van der Waals surface area contributed by atoms with Crippen molar-refractivity contribution < 1.29 is 22.0 Å². The van der Waals surface area contributed by atoms with Gasteiger partial charge in [0, 0.05) is 29.7 Å². The van der Waals surface area contributed by atoms with Crippen molar-refractivity contribution in [2.75, 3.05) is 16.2 Å². The van der Waals surface area contributed by atoms with E-state index in [0.29, 0.717) is 12.2 Å². The summed E-state index contributed by atoms with van der Waals surface area (Å²) in [7, 11) is -4.15. The average molecular weight is 398 g/mol. The van der Waals surface area contributed by atoms with Gasteiger partial charge in [0.25, 0.3) is 10.0 Å². The SMILES string of the molecule is CC(=O)N1C[C@H](C)Sc2ccc(S(=O)(=O)Nc3cc(F)ccc3F)cc21. The maximum atomic E-state index is 13.8. The summed E-state index contributed by atoms with van der Waals surface area (Å²) in [5.74, 6) is -1.84. The molecule has 2 aromatic rings. The van der Waals surface area contributed by atoms with Crippen LogP contribution in [0.5, 0.6) is 0 Å². The fourth-order valence-electron chi connectivity index (χ4n) is 2.66. The third kappa shape index (κ3) is 3.68. The summed E-state index contributed by atoms with van der Waals surface area (Å²) in [6.07, 6.45) is 0. The van der Waals surface area contributed by atoms with Gasteiger partial charge in [0.15, 0.2) is 0 Å². The highest BCUT2D eigenvalue weighted by molar-refractivity contribution is 8.00. The summed E-state index contributed by atoms with van der Waals surface area (Å²) in [5, 5.41) is 0.174. The molecule has 5 nitrogen and oxygen atoms in total. The molecule has 1 heterocycles. The summed E-state index contributed by atoms with van der Waals surface area (Å²) in [6, 6.07) is 6.87. The van der Waals surface area contributed by atoms with Gasteiger partial charge in [-0.05, 0) is 30.3 Å². The first-order chi connectivity index (χ1) is 12.2. The zero-order valence-electron chi connectivity index (χ0n) is 14.0. The Labute approximate surface area is 154 Å². The molecule has 26 heavy (non-hydrogen) atoms. The van der Waals surface area contributed by atoms with E-state index in [1.165, 1.54) is 24.0 Å². The zero-order chi connectivity index (χ0) is 19.1. The van der Waals surface area contributed by atoms with Crippen LogP contribution in [-0.2, 0) is 14.8 Å². The molecule has 1 atom stereocenters. The molecule has 1 N–H and O–H groups in total. The van der Waals surface area contributed by atoms with Gasteiger partial charge in [-0.15, -0.1) is 11.8 Å². The molecule has 3 rings (SSSR count). The number of benzene rings is 2. The van der Waals surface area contributed by atoms with E-state index >= 15 is 0 Å². The second-order valence-electron chi connectivity index (χ2n) is 5.92. The smallest absolute Gasteiger partial charge is 0.262 e. The second kappa shape index (κ2) is 6.88. The van der Waals surface area contributed by atoms with Crippen molar-refractivity contribution in [2.45, 2.75) is 28.9 Å². The van der Waals surface area contributed by atoms with E-state index in [-0.39, 0.29) is 16.1 Å². The number of nitrogens with zero attached hydrogens (tertiary/aromatic N) is 1. The van der Waals surface area contributed by atoms with Gasteiger partial charge in [0.05, 0.1) is 16.3 Å². The highest BCUT2D eigenvalue weighted by Gasteiger charge is 2.27. The standard InChI is InChI=1S/C17H16F2N2O3S2/c1-10-9-21(11(2)22)16-8-13(4-6-17(16)25-10)26(23,24)20-15-7-12(18)3-5-14(15)19/h3-8,10,20H,9H2,1-2H3/t10-/m0/s1. The minimum atomic E-state index is -4.15. The normalized spacial score (nSPS) is 16.9. The van der Waals surface area contributed by atoms with Gasteiger partial charge in [-0.25, -0.2) is 17.2 Å². The number of amides is 1. The van der Waals surface area contributed by atoms with Crippen LogP contribution in [0, 0.1) is 11.6 Å². The van der Waals surface area contributed by atoms with E-state index < -0.39 is 27.3 Å². The predicted octanol–water partition coefficient (Wildman–Crippen LogP) is 3.61. The number of sulfonamides is 1. The van der Waals surface area contributed by atoms with Crippen molar-refractivity contribution in [1.29, 1.82) is 0 Å². The van der Waals surface area contributed by atoms with E-state index in [4.69, 9.17) is 0 Å². The number of fused-ring (bicyclic) bond motifs is 1. The van der Waals surface area contributed by atoms with Crippen LogP contribution in [0.3, 0.4) is 0 Å². The molecule has 0 aromatic heterocycles. The van der Waals surface area contributed by atoms with Crippen LogP contribution >= 0.6 is 11.8 Å². The Balaban J connectivity index is 2.00. The lowest BCUT2D eigenvalue weighted by atomic mass is 10.2. The minimum Gasteiger partial charge on any atom is -0.310 e. The molecule has 0 spiro atoms.